The van der Waals surface area contributed by atoms with Crippen LogP contribution >= 0.6 is 0 Å². The zero-order valence-electron chi connectivity index (χ0n) is 20.8. The molecule has 4 nitrogen and oxygen atoms in total. The quantitative estimate of drug-likeness (QED) is 0.160. The number of rotatable bonds is 9. The summed E-state index contributed by atoms with van der Waals surface area (Å²) < 4.78 is 13.2. The fourth-order valence-corrected chi connectivity index (χ4v) is 4.37. The molecular weight excluding hydrogens is 458 g/mol. The molecule has 5 aromatic rings. The van der Waals surface area contributed by atoms with Crippen molar-refractivity contribution in [3.63, 3.8) is 0 Å². The summed E-state index contributed by atoms with van der Waals surface area (Å²) in [4.78, 5) is 11.9. The molecule has 0 aliphatic rings. The van der Waals surface area contributed by atoms with Crippen LogP contribution in [0.1, 0.15) is 23.6 Å². The highest BCUT2D eigenvalue weighted by molar-refractivity contribution is 5.89. The van der Waals surface area contributed by atoms with Crippen LogP contribution in [0, 0.1) is 0 Å². The maximum atomic E-state index is 11.9. The third-order valence-electron chi connectivity index (χ3n) is 6.17. The molecule has 0 aliphatic carbocycles. The summed E-state index contributed by atoms with van der Waals surface area (Å²) in [6.07, 6.45) is 7.52. The van der Waals surface area contributed by atoms with Gasteiger partial charge in [0.2, 0.25) is 0 Å². The second kappa shape index (κ2) is 11.4. The fourth-order valence-electron chi connectivity index (χ4n) is 4.37. The monoisotopic (exact) mass is 487 g/mol. The molecule has 0 fully saturated rings. The molecule has 0 spiro atoms. The van der Waals surface area contributed by atoms with E-state index in [9.17, 15) is 4.79 Å². The Labute approximate surface area is 217 Å². The van der Waals surface area contributed by atoms with Crippen LogP contribution in [-0.4, -0.2) is 17.1 Å². The van der Waals surface area contributed by atoms with Crippen LogP contribution in [0.2, 0.25) is 0 Å². The van der Waals surface area contributed by atoms with Crippen molar-refractivity contribution in [3.05, 3.63) is 132 Å². The third-order valence-corrected chi connectivity index (χ3v) is 6.17. The normalized spacial score (nSPS) is 11.2. The number of hydrogen-bond acceptors (Lipinski definition) is 3. The molecule has 37 heavy (non-hydrogen) atoms. The van der Waals surface area contributed by atoms with E-state index in [1.165, 1.54) is 17.0 Å². The second-order valence-electron chi connectivity index (χ2n) is 8.87. The minimum atomic E-state index is -0.337. The molecular formula is C33H29NO3. The number of benzene rings is 4. The van der Waals surface area contributed by atoms with Crippen LogP contribution in [0.25, 0.3) is 28.0 Å². The van der Waals surface area contributed by atoms with Gasteiger partial charge in [-0.05, 0) is 58.7 Å². The van der Waals surface area contributed by atoms with Crippen molar-refractivity contribution in [2.45, 2.75) is 20.1 Å². The maximum absolute atomic E-state index is 11.9. The molecule has 0 amide bonds. The predicted octanol–water partition coefficient (Wildman–Crippen LogP) is 7.51. The molecule has 5 rings (SSSR count). The largest absolute Gasteiger partial charge is 0.489 e. The molecule has 0 radical (unpaired) electrons. The van der Waals surface area contributed by atoms with Crippen LogP contribution in [0.15, 0.2) is 116 Å². The van der Waals surface area contributed by atoms with Gasteiger partial charge in [-0.25, -0.2) is 4.79 Å². The van der Waals surface area contributed by atoms with Crippen LogP contribution in [0.4, 0.5) is 0 Å². The number of esters is 1. The summed E-state index contributed by atoms with van der Waals surface area (Å²) in [6.45, 7) is 3.43. The standard InChI is InChI=1S/C33H29NO3/c1-2-36-33(35)18-16-30-22-34(23-32(30)27-11-7-4-8-12-27)21-26-13-14-29-20-31(17-15-28(29)19-26)37-24-25-9-5-3-6-10-25/h3-20,22-23H,2,21,24H2,1H3. The Bertz CT molecular complexity index is 1520. The summed E-state index contributed by atoms with van der Waals surface area (Å²) in [5.41, 5.74) is 5.49. The summed E-state index contributed by atoms with van der Waals surface area (Å²) in [6, 6.07) is 33.1. The number of aromatic nitrogens is 1. The maximum Gasteiger partial charge on any atom is 0.330 e. The molecule has 0 saturated heterocycles. The van der Waals surface area contributed by atoms with Crippen molar-refractivity contribution in [3.8, 4) is 16.9 Å². The third kappa shape index (κ3) is 6.17. The first-order valence-electron chi connectivity index (χ1n) is 12.5. The number of nitrogens with zero attached hydrogens (tertiary/aromatic N) is 1. The Morgan fingerprint density at radius 2 is 1.54 bits per heavy atom. The Morgan fingerprint density at radius 1 is 0.811 bits per heavy atom. The molecule has 0 atom stereocenters. The van der Waals surface area contributed by atoms with E-state index in [1.807, 2.05) is 48.5 Å². The van der Waals surface area contributed by atoms with Gasteiger partial charge in [-0.15, -0.1) is 0 Å². The lowest BCUT2D eigenvalue weighted by molar-refractivity contribution is -0.137. The average Bonchev–Trinajstić information content (AvgIpc) is 3.34. The lowest BCUT2D eigenvalue weighted by Gasteiger charge is -2.09. The van der Waals surface area contributed by atoms with Crippen molar-refractivity contribution in [2.75, 3.05) is 6.61 Å². The summed E-state index contributed by atoms with van der Waals surface area (Å²) in [5, 5.41) is 2.31. The highest BCUT2D eigenvalue weighted by Gasteiger charge is 2.09. The minimum absolute atomic E-state index is 0.337. The van der Waals surface area contributed by atoms with Gasteiger partial charge in [0.25, 0.3) is 0 Å². The first-order chi connectivity index (χ1) is 18.2. The fraction of sp³-hybridized carbons (Fsp3) is 0.121. The average molecular weight is 488 g/mol. The van der Waals surface area contributed by atoms with E-state index in [0.717, 1.165) is 39.9 Å². The summed E-state index contributed by atoms with van der Waals surface area (Å²) in [5.74, 6) is 0.524. The van der Waals surface area contributed by atoms with Crippen molar-refractivity contribution >= 4 is 22.8 Å². The SMILES string of the molecule is CCOC(=O)C=Cc1cn(Cc2ccc3cc(OCc4ccccc4)ccc3c2)cc1-c1ccccc1. The lowest BCUT2D eigenvalue weighted by atomic mass is 10.0. The molecule has 4 aromatic carbocycles. The van der Waals surface area contributed by atoms with Crippen LogP contribution in [0.5, 0.6) is 5.75 Å². The second-order valence-corrected chi connectivity index (χ2v) is 8.87. The molecule has 0 aliphatic heterocycles. The number of carbonyl (C=O) groups is 1. The van der Waals surface area contributed by atoms with Gasteiger partial charge in [-0.1, -0.05) is 78.9 Å². The zero-order valence-corrected chi connectivity index (χ0v) is 20.8. The van der Waals surface area contributed by atoms with Crippen molar-refractivity contribution in [2.24, 2.45) is 0 Å². The molecule has 0 bridgehead atoms. The zero-order chi connectivity index (χ0) is 25.5. The van der Waals surface area contributed by atoms with E-state index in [4.69, 9.17) is 9.47 Å². The smallest absolute Gasteiger partial charge is 0.330 e. The number of carbonyl (C=O) groups excluding carboxylic acids is 1. The van der Waals surface area contributed by atoms with Gasteiger partial charge in [0.05, 0.1) is 6.61 Å². The van der Waals surface area contributed by atoms with Gasteiger partial charge < -0.3 is 14.0 Å². The summed E-state index contributed by atoms with van der Waals surface area (Å²) in [7, 11) is 0. The van der Waals surface area contributed by atoms with Crippen molar-refractivity contribution in [1.29, 1.82) is 0 Å². The van der Waals surface area contributed by atoms with E-state index in [1.54, 1.807) is 6.92 Å². The first kappa shape index (κ1) is 24.1. The van der Waals surface area contributed by atoms with Gasteiger partial charge >= 0.3 is 5.97 Å². The van der Waals surface area contributed by atoms with Gasteiger partial charge in [-0.2, -0.15) is 0 Å². The van der Waals surface area contributed by atoms with Crippen molar-refractivity contribution < 1.29 is 14.3 Å². The van der Waals surface area contributed by atoms with E-state index in [-0.39, 0.29) is 5.97 Å². The molecule has 0 unspecified atom stereocenters. The number of fused-ring (bicyclic) bond motifs is 1. The van der Waals surface area contributed by atoms with Crippen molar-refractivity contribution in [1.82, 2.24) is 4.57 Å². The van der Waals surface area contributed by atoms with Gasteiger partial charge in [0, 0.05) is 36.1 Å². The van der Waals surface area contributed by atoms with Gasteiger partial charge in [0.1, 0.15) is 12.4 Å². The Morgan fingerprint density at radius 3 is 2.32 bits per heavy atom. The molecule has 0 N–H and O–H groups in total. The highest BCUT2D eigenvalue weighted by atomic mass is 16.5. The van der Waals surface area contributed by atoms with Gasteiger partial charge in [0.15, 0.2) is 0 Å². The van der Waals surface area contributed by atoms with Gasteiger partial charge in [-0.3, -0.25) is 0 Å². The number of hydrogen-bond donors (Lipinski definition) is 0. The molecule has 0 saturated carbocycles. The first-order valence-corrected chi connectivity index (χ1v) is 12.5. The Balaban J connectivity index is 1.35. The van der Waals surface area contributed by atoms with Crippen LogP contribution < -0.4 is 4.74 Å². The van der Waals surface area contributed by atoms with E-state index in [2.05, 4.69) is 71.6 Å². The predicted molar refractivity (Wildman–Crippen MR) is 149 cm³/mol. The highest BCUT2D eigenvalue weighted by Crippen LogP contribution is 2.28. The molecule has 1 heterocycles. The van der Waals surface area contributed by atoms with Crippen LogP contribution in [0.3, 0.4) is 0 Å². The Kier molecular flexibility index (Phi) is 7.47. The topological polar surface area (TPSA) is 40.5 Å². The molecule has 184 valence electrons. The van der Waals surface area contributed by atoms with E-state index in [0.29, 0.717) is 13.2 Å². The number of ether oxygens (including phenoxy) is 2. The minimum Gasteiger partial charge on any atom is -0.489 e. The Hall–Kier alpha value is -4.57. The van der Waals surface area contributed by atoms with E-state index >= 15 is 0 Å². The van der Waals surface area contributed by atoms with E-state index < -0.39 is 0 Å². The summed E-state index contributed by atoms with van der Waals surface area (Å²) >= 11 is 0. The molecule has 4 heteroatoms. The molecule has 1 aromatic heterocycles. The van der Waals surface area contributed by atoms with Crippen LogP contribution in [-0.2, 0) is 22.7 Å². The lowest BCUT2D eigenvalue weighted by Crippen LogP contribution is -1.98.